The SMILES string of the molecule is CCCCOc1ccc(C(=O)OCC(=O)N(C2CCCCC2)C2CCS(=O)(=O)C2)cc1OC. The number of unbranched alkanes of at least 4 members (excludes halogenated alkanes) is 1. The first-order valence-corrected chi connectivity index (χ1v) is 13.7. The van der Waals surface area contributed by atoms with Crippen molar-refractivity contribution in [2.24, 2.45) is 0 Å². The maximum Gasteiger partial charge on any atom is 0.338 e. The first kappa shape index (κ1) is 25.3. The summed E-state index contributed by atoms with van der Waals surface area (Å²) in [4.78, 5) is 27.4. The monoisotopic (exact) mass is 481 g/mol. The molecule has 3 rings (SSSR count). The summed E-state index contributed by atoms with van der Waals surface area (Å²) in [5, 5.41) is 0. The van der Waals surface area contributed by atoms with E-state index in [0.717, 1.165) is 44.9 Å². The molecule has 2 fully saturated rings. The van der Waals surface area contributed by atoms with E-state index in [1.54, 1.807) is 17.0 Å². The molecule has 1 aromatic carbocycles. The lowest BCUT2D eigenvalue weighted by Crippen LogP contribution is -2.50. The van der Waals surface area contributed by atoms with Gasteiger partial charge < -0.3 is 19.1 Å². The zero-order chi connectivity index (χ0) is 23.8. The third kappa shape index (κ3) is 6.85. The maximum atomic E-state index is 13.1. The van der Waals surface area contributed by atoms with E-state index in [1.165, 1.54) is 13.2 Å². The number of benzene rings is 1. The molecule has 1 amide bonds. The number of ether oxygens (including phenoxy) is 3. The second-order valence-electron chi connectivity index (χ2n) is 8.79. The normalized spacial score (nSPS) is 20.2. The van der Waals surface area contributed by atoms with E-state index in [2.05, 4.69) is 6.92 Å². The number of methoxy groups -OCH3 is 1. The molecule has 184 valence electrons. The van der Waals surface area contributed by atoms with Crippen LogP contribution in [0.5, 0.6) is 11.5 Å². The molecule has 9 heteroatoms. The predicted octanol–water partition coefficient (Wildman–Crippen LogP) is 3.38. The van der Waals surface area contributed by atoms with Gasteiger partial charge in [-0.15, -0.1) is 0 Å². The van der Waals surface area contributed by atoms with Gasteiger partial charge in [-0.3, -0.25) is 4.79 Å². The van der Waals surface area contributed by atoms with Gasteiger partial charge in [0.2, 0.25) is 0 Å². The van der Waals surface area contributed by atoms with Gasteiger partial charge >= 0.3 is 5.97 Å². The Balaban J connectivity index is 1.65. The number of amides is 1. The molecule has 1 saturated carbocycles. The zero-order valence-electron chi connectivity index (χ0n) is 19.6. The first-order valence-electron chi connectivity index (χ1n) is 11.8. The molecule has 0 bridgehead atoms. The molecule has 2 aliphatic rings. The molecule has 0 N–H and O–H groups in total. The van der Waals surface area contributed by atoms with Gasteiger partial charge in [0.05, 0.1) is 30.8 Å². The van der Waals surface area contributed by atoms with E-state index >= 15 is 0 Å². The molecular weight excluding hydrogens is 446 g/mol. The van der Waals surface area contributed by atoms with Gasteiger partial charge in [0.15, 0.2) is 27.9 Å². The quantitative estimate of drug-likeness (QED) is 0.373. The highest BCUT2D eigenvalue weighted by molar-refractivity contribution is 7.91. The number of hydrogen-bond donors (Lipinski definition) is 0. The molecule has 1 atom stereocenters. The van der Waals surface area contributed by atoms with Crippen LogP contribution in [-0.2, 0) is 19.4 Å². The molecule has 33 heavy (non-hydrogen) atoms. The average molecular weight is 482 g/mol. The summed E-state index contributed by atoms with van der Waals surface area (Å²) in [6.07, 6.45) is 7.21. The van der Waals surface area contributed by atoms with E-state index in [-0.39, 0.29) is 35.1 Å². The average Bonchev–Trinajstić information content (AvgIpc) is 3.17. The highest BCUT2D eigenvalue weighted by Crippen LogP contribution is 2.30. The van der Waals surface area contributed by atoms with Crippen molar-refractivity contribution < 1.29 is 32.2 Å². The summed E-state index contributed by atoms with van der Waals surface area (Å²) in [5.41, 5.74) is 0.259. The molecule has 0 aromatic heterocycles. The fourth-order valence-electron chi connectivity index (χ4n) is 4.58. The third-order valence-corrected chi connectivity index (χ3v) is 8.09. The molecule has 1 aliphatic carbocycles. The van der Waals surface area contributed by atoms with Crippen LogP contribution >= 0.6 is 0 Å². The van der Waals surface area contributed by atoms with E-state index in [0.29, 0.717) is 24.5 Å². The minimum absolute atomic E-state index is 0.00268. The van der Waals surface area contributed by atoms with Crippen molar-refractivity contribution in [2.45, 2.75) is 70.4 Å². The van der Waals surface area contributed by atoms with Crippen LogP contribution in [0.1, 0.15) is 68.6 Å². The van der Waals surface area contributed by atoms with Gasteiger partial charge in [-0.25, -0.2) is 13.2 Å². The van der Waals surface area contributed by atoms with Crippen molar-refractivity contribution in [3.63, 3.8) is 0 Å². The predicted molar refractivity (Wildman–Crippen MR) is 124 cm³/mol. The first-order chi connectivity index (χ1) is 15.8. The third-order valence-electron chi connectivity index (χ3n) is 6.34. The Kier molecular flexibility index (Phi) is 9.00. The molecule has 1 saturated heterocycles. The summed E-state index contributed by atoms with van der Waals surface area (Å²) in [6, 6.07) is 4.44. The number of sulfone groups is 1. The second kappa shape index (κ2) is 11.7. The Morgan fingerprint density at radius 1 is 1.06 bits per heavy atom. The highest BCUT2D eigenvalue weighted by atomic mass is 32.2. The van der Waals surface area contributed by atoms with Crippen LogP contribution in [0.15, 0.2) is 18.2 Å². The number of nitrogens with zero attached hydrogens (tertiary/aromatic N) is 1. The lowest BCUT2D eigenvalue weighted by Gasteiger charge is -2.38. The zero-order valence-corrected chi connectivity index (χ0v) is 20.4. The minimum Gasteiger partial charge on any atom is -0.493 e. The number of hydrogen-bond acceptors (Lipinski definition) is 7. The van der Waals surface area contributed by atoms with Crippen molar-refractivity contribution in [1.82, 2.24) is 4.90 Å². The van der Waals surface area contributed by atoms with Crippen LogP contribution < -0.4 is 9.47 Å². The molecule has 0 spiro atoms. The maximum absolute atomic E-state index is 13.1. The van der Waals surface area contributed by atoms with Crippen LogP contribution in [0.2, 0.25) is 0 Å². The fraction of sp³-hybridized carbons (Fsp3) is 0.667. The molecule has 1 aromatic rings. The fourth-order valence-corrected chi connectivity index (χ4v) is 6.30. The van der Waals surface area contributed by atoms with Crippen LogP contribution in [0, 0.1) is 0 Å². The summed E-state index contributed by atoms with van der Waals surface area (Å²) in [5.74, 6) is 0.0879. The molecule has 1 unspecified atom stereocenters. The van der Waals surface area contributed by atoms with Gasteiger partial charge in [0.25, 0.3) is 5.91 Å². The second-order valence-corrected chi connectivity index (χ2v) is 11.0. The van der Waals surface area contributed by atoms with Gasteiger partial charge in [0.1, 0.15) is 0 Å². The van der Waals surface area contributed by atoms with Crippen molar-refractivity contribution in [3.05, 3.63) is 23.8 Å². The minimum atomic E-state index is -3.13. The number of rotatable bonds is 10. The molecule has 8 nitrogen and oxygen atoms in total. The van der Waals surface area contributed by atoms with Crippen LogP contribution in [0.25, 0.3) is 0 Å². The summed E-state index contributed by atoms with van der Waals surface area (Å²) < 4.78 is 40.4. The van der Waals surface area contributed by atoms with Crippen molar-refractivity contribution in [3.8, 4) is 11.5 Å². The number of esters is 1. The molecule has 0 radical (unpaired) electrons. The molecular formula is C24H35NO7S. The van der Waals surface area contributed by atoms with E-state index in [1.807, 2.05) is 0 Å². The molecule has 1 heterocycles. The Morgan fingerprint density at radius 2 is 1.82 bits per heavy atom. The van der Waals surface area contributed by atoms with Crippen LogP contribution in [0.4, 0.5) is 0 Å². The topological polar surface area (TPSA) is 99.2 Å². The standard InChI is InChI=1S/C24H35NO7S/c1-3-4-13-31-21-11-10-18(15-22(21)30-2)24(27)32-16-23(26)25(19-8-6-5-7-9-19)20-12-14-33(28,29)17-20/h10-11,15,19-20H,3-9,12-14,16-17H2,1-2H3. The highest BCUT2D eigenvalue weighted by Gasteiger charge is 2.38. The largest absolute Gasteiger partial charge is 0.493 e. The van der Waals surface area contributed by atoms with Crippen molar-refractivity contribution in [1.29, 1.82) is 0 Å². The van der Waals surface area contributed by atoms with E-state index < -0.39 is 22.4 Å². The van der Waals surface area contributed by atoms with E-state index in [4.69, 9.17) is 14.2 Å². The Hall–Kier alpha value is -2.29. The van der Waals surface area contributed by atoms with E-state index in [9.17, 15) is 18.0 Å². The van der Waals surface area contributed by atoms with Crippen LogP contribution in [0.3, 0.4) is 0 Å². The van der Waals surface area contributed by atoms with Gasteiger partial charge in [0, 0.05) is 12.1 Å². The smallest absolute Gasteiger partial charge is 0.338 e. The summed E-state index contributed by atoms with van der Waals surface area (Å²) in [7, 11) is -1.64. The Bertz CT molecular complexity index is 925. The number of carbonyl (C=O) groups excluding carboxylic acids is 2. The molecule has 1 aliphatic heterocycles. The lowest BCUT2D eigenvalue weighted by atomic mass is 9.93. The Morgan fingerprint density at radius 3 is 2.45 bits per heavy atom. The number of carbonyl (C=O) groups is 2. The van der Waals surface area contributed by atoms with Crippen LogP contribution in [-0.4, -0.2) is 69.1 Å². The lowest BCUT2D eigenvalue weighted by molar-refractivity contribution is -0.140. The van der Waals surface area contributed by atoms with Gasteiger partial charge in [-0.2, -0.15) is 0 Å². The summed E-state index contributed by atoms with van der Waals surface area (Å²) in [6.45, 7) is 2.21. The van der Waals surface area contributed by atoms with Gasteiger partial charge in [-0.1, -0.05) is 32.6 Å². The van der Waals surface area contributed by atoms with Crippen molar-refractivity contribution in [2.75, 3.05) is 31.8 Å². The Labute approximate surface area is 196 Å². The van der Waals surface area contributed by atoms with Gasteiger partial charge in [-0.05, 0) is 43.9 Å². The summed E-state index contributed by atoms with van der Waals surface area (Å²) >= 11 is 0. The van der Waals surface area contributed by atoms with Crippen molar-refractivity contribution >= 4 is 21.7 Å².